The number of anilines is 1. The summed E-state index contributed by atoms with van der Waals surface area (Å²) in [6, 6.07) is 2.11. The van der Waals surface area contributed by atoms with Gasteiger partial charge in [0.05, 0.1) is 5.69 Å². The van der Waals surface area contributed by atoms with Crippen LogP contribution in [0.2, 0.25) is 0 Å². The van der Waals surface area contributed by atoms with Gasteiger partial charge < -0.3 is 11.1 Å². The third kappa shape index (κ3) is 3.16. The maximum Gasteiger partial charge on any atom is 0.263 e. The quantitative estimate of drug-likeness (QED) is 0.888. The molecule has 1 aromatic rings. The van der Waals surface area contributed by atoms with Crippen LogP contribution in [0, 0.1) is 0 Å². The fourth-order valence-corrected chi connectivity index (χ4v) is 3.66. The molecule has 0 radical (unpaired) electrons. The molecule has 94 valence electrons. The van der Waals surface area contributed by atoms with Crippen LogP contribution in [0.25, 0.3) is 0 Å². The Morgan fingerprint density at radius 2 is 2.18 bits per heavy atom. The largest absolute Gasteiger partial charge is 0.397 e. The molecule has 0 aromatic carbocycles. The molecule has 1 fully saturated rings. The molecule has 0 spiro atoms. The number of rotatable bonds is 3. The summed E-state index contributed by atoms with van der Waals surface area (Å²) in [5.74, 6) is -0.00917. The molecule has 3 nitrogen and oxygen atoms in total. The topological polar surface area (TPSA) is 55.1 Å². The van der Waals surface area contributed by atoms with E-state index in [2.05, 4.69) is 11.6 Å². The minimum Gasteiger partial charge on any atom is -0.397 e. The van der Waals surface area contributed by atoms with Crippen molar-refractivity contribution in [2.24, 2.45) is 0 Å². The van der Waals surface area contributed by atoms with Crippen LogP contribution in [0.3, 0.4) is 0 Å². The minimum atomic E-state index is -0.00917. The third-order valence-electron chi connectivity index (χ3n) is 3.24. The minimum absolute atomic E-state index is 0.00917. The first-order valence-electron chi connectivity index (χ1n) is 5.87. The van der Waals surface area contributed by atoms with Gasteiger partial charge in [-0.3, -0.25) is 4.79 Å². The summed E-state index contributed by atoms with van der Waals surface area (Å²) in [4.78, 5) is 12.6. The zero-order chi connectivity index (χ0) is 12.3. The van der Waals surface area contributed by atoms with Crippen molar-refractivity contribution in [2.45, 2.75) is 37.0 Å². The Morgan fingerprint density at radius 1 is 1.47 bits per heavy atom. The predicted molar refractivity (Wildman–Crippen MR) is 75.8 cm³/mol. The summed E-state index contributed by atoms with van der Waals surface area (Å²) in [7, 11) is 0. The molecule has 1 heterocycles. The van der Waals surface area contributed by atoms with E-state index in [1.54, 1.807) is 6.07 Å². The molecule has 2 rings (SSSR count). The number of thioether (sulfide) groups is 1. The van der Waals surface area contributed by atoms with E-state index in [9.17, 15) is 4.79 Å². The second-order valence-corrected chi connectivity index (χ2v) is 6.44. The number of nitrogens with two attached hydrogens (primary N) is 1. The lowest BCUT2D eigenvalue weighted by Gasteiger charge is -2.27. The molecule has 1 amide bonds. The number of carbonyl (C=O) groups excluding carboxylic acids is 1. The molecule has 1 aliphatic rings. The molecule has 1 aliphatic carbocycles. The molecular weight excluding hydrogens is 252 g/mol. The standard InChI is InChI=1S/C12H18N2OS2/c1-16-9-4-2-8(3-5-9)14-12(15)11-10(13)6-7-17-11/h6-9H,2-5,13H2,1H3,(H,14,15). The number of amides is 1. The van der Waals surface area contributed by atoms with Gasteiger partial charge in [-0.2, -0.15) is 11.8 Å². The second-order valence-electron chi connectivity index (χ2n) is 4.39. The first kappa shape index (κ1) is 12.8. The lowest BCUT2D eigenvalue weighted by molar-refractivity contribution is 0.0933. The maximum absolute atomic E-state index is 12.0. The SMILES string of the molecule is CSC1CCC(NC(=O)c2sccc2N)CC1. The smallest absolute Gasteiger partial charge is 0.263 e. The summed E-state index contributed by atoms with van der Waals surface area (Å²) in [6.07, 6.45) is 6.74. The molecule has 1 saturated carbocycles. The number of thiophene rings is 1. The summed E-state index contributed by atoms with van der Waals surface area (Å²) in [6.45, 7) is 0. The molecular formula is C12H18N2OS2. The Bertz CT molecular complexity index is 384. The van der Waals surface area contributed by atoms with Crippen LogP contribution in [0.5, 0.6) is 0 Å². The molecule has 0 bridgehead atoms. The lowest BCUT2D eigenvalue weighted by atomic mass is 9.95. The van der Waals surface area contributed by atoms with Crippen LogP contribution >= 0.6 is 23.1 Å². The van der Waals surface area contributed by atoms with Gasteiger partial charge >= 0.3 is 0 Å². The highest BCUT2D eigenvalue weighted by molar-refractivity contribution is 7.99. The molecule has 3 N–H and O–H groups in total. The van der Waals surface area contributed by atoms with E-state index in [1.165, 1.54) is 24.2 Å². The van der Waals surface area contributed by atoms with Crippen molar-refractivity contribution >= 4 is 34.7 Å². The molecule has 0 saturated heterocycles. The molecule has 1 aromatic heterocycles. The van der Waals surface area contributed by atoms with Crippen LogP contribution < -0.4 is 11.1 Å². The van der Waals surface area contributed by atoms with Gasteiger partial charge in [0.25, 0.3) is 5.91 Å². The van der Waals surface area contributed by atoms with E-state index in [4.69, 9.17) is 5.73 Å². The van der Waals surface area contributed by atoms with Crippen molar-refractivity contribution in [1.29, 1.82) is 0 Å². The van der Waals surface area contributed by atoms with E-state index < -0.39 is 0 Å². The zero-order valence-corrected chi connectivity index (χ0v) is 11.6. The van der Waals surface area contributed by atoms with E-state index in [0.29, 0.717) is 16.6 Å². The van der Waals surface area contributed by atoms with E-state index in [-0.39, 0.29) is 5.91 Å². The Hall–Kier alpha value is -0.680. The van der Waals surface area contributed by atoms with Gasteiger partial charge in [0.15, 0.2) is 0 Å². The van der Waals surface area contributed by atoms with Crippen LogP contribution in [0.1, 0.15) is 35.4 Å². The Labute approximate surface area is 110 Å². The highest BCUT2D eigenvalue weighted by atomic mass is 32.2. The number of carbonyl (C=O) groups is 1. The first-order chi connectivity index (χ1) is 8.20. The Balaban J connectivity index is 1.86. The third-order valence-corrected chi connectivity index (χ3v) is 5.31. The van der Waals surface area contributed by atoms with Gasteiger partial charge in [-0.05, 0) is 43.4 Å². The van der Waals surface area contributed by atoms with Gasteiger partial charge in [0, 0.05) is 11.3 Å². The molecule has 0 aliphatic heterocycles. The van der Waals surface area contributed by atoms with Crippen molar-refractivity contribution in [1.82, 2.24) is 5.32 Å². The highest BCUT2D eigenvalue weighted by Gasteiger charge is 2.23. The number of hydrogen-bond donors (Lipinski definition) is 2. The number of nitrogen functional groups attached to an aromatic ring is 1. The highest BCUT2D eigenvalue weighted by Crippen LogP contribution is 2.27. The summed E-state index contributed by atoms with van der Waals surface area (Å²) >= 11 is 3.35. The van der Waals surface area contributed by atoms with Gasteiger partial charge in [0.2, 0.25) is 0 Å². The predicted octanol–water partition coefficient (Wildman–Crippen LogP) is 2.73. The van der Waals surface area contributed by atoms with Gasteiger partial charge in [-0.1, -0.05) is 0 Å². The van der Waals surface area contributed by atoms with Crippen molar-refractivity contribution in [3.63, 3.8) is 0 Å². The fraction of sp³-hybridized carbons (Fsp3) is 0.583. The first-order valence-corrected chi connectivity index (χ1v) is 8.04. The average Bonchev–Trinajstić information content (AvgIpc) is 2.76. The Morgan fingerprint density at radius 3 is 2.71 bits per heavy atom. The van der Waals surface area contributed by atoms with Crippen molar-refractivity contribution in [3.8, 4) is 0 Å². The van der Waals surface area contributed by atoms with Gasteiger partial charge in [-0.25, -0.2) is 0 Å². The monoisotopic (exact) mass is 270 g/mol. The van der Waals surface area contributed by atoms with Crippen LogP contribution in [-0.2, 0) is 0 Å². The van der Waals surface area contributed by atoms with Crippen LogP contribution in [0.15, 0.2) is 11.4 Å². The molecule has 0 unspecified atom stereocenters. The van der Waals surface area contributed by atoms with Crippen LogP contribution in [-0.4, -0.2) is 23.5 Å². The fourth-order valence-electron chi connectivity index (χ4n) is 2.20. The number of hydrogen-bond acceptors (Lipinski definition) is 4. The summed E-state index contributed by atoms with van der Waals surface area (Å²) in [5, 5.41) is 5.72. The second kappa shape index (κ2) is 5.78. The summed E-state index contributed by atoms with van der Waals surface area (Å²) < 4.78 is 0. The average molecular weight is 270 g/mol. The van der Waals surface area contributed by atoms with Gasteiger partial charge in [-0.15, -0.1) is 11.3 Å². The normalized spacial score (nSPS) is 24.5. The lowest BCUT2D eigenvalue weighted by Crippen LogP contribution is -2.38. The molecule has 5 heteroatoms. The molecule has 17 heavy (non-hydrogen) atoms. The van der Waals surface area contributed by atoms with Gasteiger partial charge in [0.1, 0.15) is 4.88 Å². The summed E-state index contributed by atoms with van der Waals surface area (Å²) in [5.41, 5.74) is 6.32. The zero-order valence-electron chi connectivity index (χ0n) is 9.94. The van der Waals surface area contributed by atoms with E-state index in [0.717, 1.165) is 18.1 Å². The van der Waals surface area contributed by atoms with Crippen molar-refractivity contribution in [2.75, 3.05) is 12.0 Å². The van der Waals surface area contributed by atoms with Crippen molar-refractivity contribution in [3.05, 3.63) is 16.3 Å². The van der Waals surface area contributed by atoms with E-state index >= 15 is 0 Å². The number of nitrogens with one attached hydrogen (secondary N) is 1. The maximum atomic E-state index is 12.0. The van der Waals surface area contributed by atoms with E-state index in [1.807, 2.05) is 17.1 Å². The van der Waals surface area contributed by atoms with Crippen molar-refractivity contribution < 1.29 is 4.79 Å². The Kier molecular flexibility index (Phi) is 4.34. The van der Waals surface area contributed by atoms with Crippen LogP contribution in [0.4, 0.5) is 5.69 Å². The molecule has 0 atom stereocenters.